The number of alkyl halides is 3. The van der Waals surface area contributed by atoms with Crippen LogP contribution >= 0.6 is 24.0 Å². The van der Waals surface area contributed by atoms with Crippen LogP contribution in [0.5, 0.6) is 5.75 Å². The van der Waals surface area contributed by atoms with Crippen molar-refractivity contribution in [1.82, 2.24) is 20.4 Å². The molecule has 0 saturated heterocycles. The zero-order chi connectivity index (χ0) is 22.3. The van der Waals surface area contributed by atoms with Crippen molar-refractivity contribution in [2.24, 2.45) is 12.0 Å². The Bertz CT molecular complexity index is 867. The number of guanidine groups is 1. The minimum absolute atomic E-state index is 0. The molecule has 174 valence electrons. The van der Waals surface area contributed by atoms with Gasteiger partial charge in [-0.15, -0.1) is 24.0 Å². The number of aryl methyl sites for hydroxylation is 2. The molecule has 0 aliphatic rings. The van der Waals surface area contributed by atoms with Crippen LogP contribution in [0.1, 0.15) is 36.4 Å². The van der Waals surface area contributed by atoms with Gasteiger partial charge in [0.2, 0.25) is 0 Å². The van der Waals surface area contributed by atoms with Crippen molar-refractivity contribution in [3.63, 3.8) is 0 Å². The number of para-hydroxylation sites is 1. The number of hydrogen-bond acceptors (Lipinski definition) is 3. The summed E-state index contributed by atoms with van der Waals surface area (Å²) in [6, 6.07) is 6.71. The van der Waals surface area contributed by atoms with Crippen LogP contribution in [-0.2, 0) is 20.0 Å². The molecule has 0 aliphatic carbocycles. The molecule has 31 heavy (non-hydrogen) atoms. The van der Waals surface area contributed by atoms with Gasteiger partial charge in [-0.25, -0.2) is 4.99 Å². The lowest BCUT2D eigenvalue weighted by Gasteiger charge is -2.18. The van der Waals surface area contributed by atoms with Gasteiger partial charge in [-0.3, -0.25) is 4.68 Å². The lowest BCUT2D eigenvalue weighted by Crippen LogP contribution is -2.43. The van der Waals surface area contributed by atoms with Crippen LogP contribution in [-0.4, -0.2) is 41.1 Å². The summed E-state index contributed by atoms with van der Waals surface area (Å²) in [5.41, 5.74) is 3.91. The first-order valence-electron chi connectivity index (χ1n) is 9.92. The van der Waals surface area contributed by atoms with Crippen LogP contribution in [0.4, 0.5) is 13.2 Å². The molecule has 0 aliphatic heterocycles. The second-order valence-corrected chi connectivity index (χ2v) is 7.23. The summed E-state index contributed by atoms with van der Waals surface area (Å²) in [7, 11) is 1.92. The van der Waals surface area contributed by atoms with Crippen molar-refractivity contribution < 1.29 is 17.9 Å². The normalized spacial score (nSPS) is 12.8. The first-order chi connectivity index (χ1) is 14.1. The van der Waals surface area contributed by atoms with Gasteiger partial charge in [0.15, 0.2) is 12.6 Å². The highest BCUT2D eigenvalue weighted by molar-refractivity contribution is 14.0. The van der Waals surface area contributed by atoms with E-state index in [0.717, 1.165) is 17.8 Å². The zero-order valence-corrected chi connectivity index (χ0v) is 20.8. The van der Waals surface area contributed by atoms with Crippen molar-refractivity contribution >= 4 is 29.9 Å². The predicted molar refractivity (Wildman–Crippen MR) is 127 cm³/mol. The van der Waals surface area contributed by atoms with Gasteiger partial charge >= 0.3 is 6.18 Å². The molecule has 0 radical (unpaired) electrons. The molecular formula is C21H31F3IN5O. The summed E-state index contributed by atoms with van der Waals surface area (Å²) in [6.07, 6.45) is -3.61. The highest BCUT2D eigenvalue weighted by Gasteiger charge is 2.28. The smallest absolute Gasteiger partial charge is 0.422 e. The third-order valence-corrected chi connectivity index (χ3v) is 4.67. The van der Waals surface area contributed by atoms with E-state index in [4.69, 9.17) is 4.74 Å². The third-order valence-electron chi connectivity index (χ3n) is 4.67. The molecule has 10 heteroatoms. The summed E-state index contributed by atoms with van der Waals surface area (Å²) in [4.78, 5) is 4.53. The van der Waals surface area contributed by atoms with Gasteiger partial charge in [-0.2, -0.15) is 18.3 Å². The monoisotopic (exact) mass is 553 g/mol. The van der Waals surface area contributed by atoms with Gasteiger partial charge in [-0.1, -0.05) is 18.2 Å². The third kappa shape index (κ3) is 8.58. The van der Waals surface area contributed by atoms with E-state index in [9.17, 15) is 13.2 Å². The topological polar surface area (TPSA) is 63.5 Å². The molecule has 0 amide bonds. The molecular weight excluding hydrogens is 522 g/mol. The second kappa shape index (κ2) is 12.2. The molecule has 1 aromatic heterocycles. The Kier molecular flexibility index (Phi) is 10.6. The Balaban J connectivity index is 0.00000480. The number of nitrogens with one attached hydrogen (secondary N) is 2. The Hall–Kier alpha value is -1.98. The van der Waals surface area contributed by atoms with Gasteiger partial charge in [0, 0.05) is 30.9 Å². The molecule has 1 atom stereocenters. The molecule has 2 aromatic rings. The number of ether oxygens (including phenoxy) is 1. The fourth-order valence-corrected chi connectivity index (χ4v) is 3.12. The van der Waals surface area contributed by atoms with E-state index in [1.807, 2.05) is 32.5 Å². The lowest BCUT2D eigenvalue weighted by atomic mass is 10.1. The van der Waals surface area contributed by atoms with Gasteiger partial charge in [0.1, 0.15) is 5.75 Å². The average Bonchev–Trinajstić information content (AvgIpc) is 2.90. The van der Waals surface area contributed by atoms with E-state index in [1.54, 1.807) is 18.2 Å². The van der Waals surface area contributed by atoms with Gasteiger partial charge < -0.3 is 15.4 Å². The van der Waals surface area contributed by atoms with Gasteiger partial charge in [-0.05, 0) is 45.7 Å². The van der Waals surface area contributed by atoms with E-state index in [0.29, 0.717) is 18.1 Å². The molecule has 6 nitrogen and oxygen atoms in total. The first-order valence-corrected chi connectivity index (χ1v) is 9.92. The number of aliphatic imine (C=N–C) groups is 1. The maximum Gasteiger partial charge on any atom is 0.422 e. The molecule has 0 saturated carbocycles. The minimum atomic E-state index is -4.38. The van der Waals surface area contributed by atoms with Gasteiger partial charge in [0.05, 0.1) is 12.2 Å². The standard InChI is InChI=1S/C21H30F3N5O.HI/c1-6-25-20(27-14(2)11-18-15(3)28-29(5)16(18)4)26-12-17-9-7-8-10-19(17)30-13-21(22,23)24;/h7-10,14H,6,11-13H2,1-5H3,(H2,25,26,27);1H. The van der Waals surface area contributed by atoms with E-state index in [1.165, 1.54) is 11.6 Å². The molecule has 0 bridgehead atoms. The van der Waals surface area contributed by atoms with Crippen molar-refractivity contribution in [2.45, 2.75) is 52.9 Å². The Morgan fingerprint density at radius 1 is 1.26 bits per heavy atom. The van der Waals surface area contributed by atoms with Crippen LogP contribution in [0.3, 0.4) is 0 Å². The van der Waals surface area contributed by atoms with Crippen LogP contribution in [0.15, 0.2) is 29.3 Å². The lowest BCUT2D eigenvalue weighted by molar-refractivity contribution is -0.153. The fourth-order valence-electron chi connectivity index (χ4n) is 3.12. The average molecular weight is 553 g/mol. The van der Waals surface area contributed by atoms with Gasteiger partial charge in [0.25, 0.3) is 0 Å². The van der Waals surface area contributed by atoms with Crippen molar-refractivity contribution in [1.29, 1.82) is 0 Å². The van der Waals surface area contributed by atoms with Crippen molar-refractivity contribution in [3.8, 4) is 5.75 Å². The molecule has 1 unspecified atom stereocenters. The van der Waals surface area contributed by atoms with Crippen LogP contribution in [0.25, 0.3) is 0 Å². The number of benzene rings is 1. The summed E-state index contributed by atoms with van der Waals surface area (Å²) in [6.45, 7) is 7.58. The highest BCUT2D eigenvalue weighted by atomic mass is 127. The zero-order valence-electron chi connectivity index (χ0n) is 18.5. The predicted octanol–water partition coefficient (Wildman–Crippen LogP) is 4.28. The Morgan fingerprint density at radius 3 is 2.52 bits per heavy atom. The molecule has 0 spiro atoms. The fraction of sp³-hybridized carbons (Fsp3) is 0.524. The molecule has 0 fully saturated rings. The van der Waals surface area contributed by atoms with E-state index in [-0.39, 0.29) is 42.3 Å². The highest BCUT2D eigenvalue weighted by Crippen LogP contribution is 2.22. The van der Waals surface area contributed by atoms with Crippen molar-refractivity contribution in [2.75, 3.05) is 13.2 Å². The Labute approximate surface area is 198 Å². The number of rotatable bonds is 8. The number of aromatic nitrogens is 2. The van der Waals surface area contributed by atoms with E-state index < -0.39 is 12.8 Å². The summed E-state index contributed by atoms with van der Waals surface area (Å²) < 4.78 is 44.3. The summed E-state index contributed by atoms with van der Waals surface area (Å²) >= 11 is 0. The second-order valence-electron chi connectivity index (χ2n) is 7.23. The molecule has 2 rings (SSSR count). The SMILES string of the molecule is CCNC(=NCc1ccccc1OCC(F)(F)F)NC(C)Cc1c(C)nn(C)c1C.I. The van der Waals surface area contributed by atoms with Crippen molar-refractivity contribution in [3.05, 3.63) is 46.8 Å². The first kappa shape index (κ1) is 27.1. The van der Waals surface area contributed by atoms with E-state index in [2.05, 4.69) is 27.6 Å². The van der Waals surface area contributed by atoms with Crippen LogP contribution in [0.2, 0.25) is 0 Å². The Morgan fingerprint density at radius 2 is 1.94 bits per heavy atom. The molecule has 2 N–H and O–H groups in total. The van der Waals surface area contributed by atoms with Crippen LogP contribution in [0, 0.1) is 13.8 Å². The maximum absolute atomic E-state index is 12.5. The number of hydrogen-bond donors (Lipinski definition) is 2. The van der Waals surface area contributed by atoms with Crippen LogP contribution < -0.4 is 15.4 Å². The quantitative estimate of drug-likeness (QED) is 0.291. The number of halogens is 4. The minimum Gasteiger partial charge on any atom is -0.484 e. The summed E-state index contributed by atoms with van der Waals surface area (Å²) in [5.74, 6) is 0.777. The number of nitrogens with zero attached hydrogens (tertiary/aromatic N) is 3. The molecule has 1 aromatic carbocycles. The molecule has 1 heterocycles. The maximum atomic E-state index is 12.5. The van der Waals surface area contributed by atoms with E-state index >= 15 is 0 Å². The largest absolute Gasteiger partial charge is 0.484 e. The summed E-state index contributed by atoms with van der Waals surface area (Å²) in [5, 5.41) is 11.0.